The minimum absolute atomic E-state index is 0.0637. The molecular weight excluding hydrogens is 474 g/mol. The van der Waals surface area contributed by atoms with Gasteiger partial charge in [0.1, 0.15) is 28.3 Å². The Morgan fingerprint density at radius 1 is 1.26 bits per heavy atom. The second-order valence-electron chi connectivity index (χ2n) is 8.03. The zero-order chi connectivity index (χ0) is 23.7. The number of amides is 1. The van der Waals surface area contributed by atoms with Gasteiger partial charge in [0.2, 0.25) is 0 Å². The van der Waals surface area contributed by atoms with Crippen molar-refractivity contribution in [2.45, 2.75) is 32.8 Å². The third-order valence-electron chi connectivity index (χ3n) is 5.76. The van der Waals surface area contributed by atoms with Crippen LogP contribution in [0.1, 0.15) is 35.9 Å². The molecular formula is C25H24ClN3O4S. The fourth-order valence-corrected chi connectivity index (χ4v) is 5.35. The molecule has 9 heteroatoms. The molecule has 0 aliphatic carbocycles. The van der Waals surface area contributed by atoms with Gasteiger partial charge in [-0.05, 0) is 44.9 Å². The van der Waals surface area contributed by atoms with E-state index in [-0.39, 0.29) is 12.0 Å². The zero-order valence-corrected chi connectivity index (χ0v) is 20.5. The molecule has 2 aromatic heterocycles. The number of rotatable bonds is 7. The van der Waals surface area contributed by atoms with Crippen LogP contribution in [0.3, 0.4) is 0 Å². The van der Waals surface area contributed by atoms with Gasteiger partial charge in [-0.3, -0.25) is 9.69 Å². The second-order valence-corrected chi connectivity index (χ2v) is 9.44. The Hall–Kier alpha value is -2.94. The van der Waals surface area contributed by atoms with Gasteiger partial charge in [-0.15, -0.1) is 0 Å². The number of fused-ring (bicyclic) bond motifs is 1. The van der Waals surface area contributed by atoms with Gasteiger partial charge in [0, 0.05) is 12.2 Å². The number of aromatic nitrogens is 2. The molecule has 4 aromatic rings. The highest BCUT2D eigenvalue weighted by molar-refractivity contribution is 7.22. The van der Waals surface area contributed by atoms with Crippen molar-refractivity contribution in [1.29, 1.82) is 0 Å². The van der Waals surface area contributed by atoms with Crippen LogP contribution in [0.25, 0.3) is 21.5 Å². The average molecular weight is 498 g/mol. The van der Waals surface area contributed by atoms with Gasteiger partial charge < -0.3 is 14.0 Å². The van der Waals surface area contributed by atoms with Crippen LogP contribution in [0.15, 0.2) is 47.0 Å². The molecule has 0 N–H and O–H groups in total. The molecule has 0 spiro atoms. The highest BCUT2D eigenvalue weighted by Crippen LogP contribution is 2.37. The van der Waals surface area contributed by atoms with E-state index in [0.29, 0.717) is 58.2 Å². The first kappa shape index (κ1) is 22.8. The van der Waals surface area contributed by atoms with Gasteiger partial charge in [-0.25, -0.2) is 4.98 Å². The third-order valence-corrected chi connectivity index (χ3v) is 7.14. The summed E-state index contributed by atoms with van der Waals surface area (Å²) >= 11 is 7.87. The molecule has 0 bridgehead atoms. The molecule has 3 heterocycles. The van der Waals surface area contributed by atoms with E-state index >= 15 is 0 Å². The molecule has 5 rings (SSSR count). The van der Waals surface area contributed by atoms with Crippen molar-refractivity contribution in [3.05, 3.63) is 58.8 Å². The number of aryl methyl sites for hydroxylation is 1. The van der Waals surface area contributed by atoms with Gasteiger partial charge in [0.25, 0.3) is 5.91 Å². The summed E-state index contributed by atoms with van der Waals surface area (Å²) in [7, 11) is 0. The molecule has 1 amide bonds. The van der Waals surface area contributed by atoms with E-state index in [0.717, 1.165) is 23.1 Å². The van der Waals surface area contributed by atoms with Crippen molar-refractivity contribution < 1.29 is 18.8 Å². The van der Waals surface area contributed by atoms with Crippen LogP contribution in [0, 0.1) is 6.92 Å². The number of thiazole rings is 1. The van der Waals surface area contributed by atoms with Gasteiger partial charge in [0.05, 0.1) is 29.0 Å². The molecule has 1 atom stereocenters. The molecule has 0 saturated carbocycles. The smallest absolute Gasteiger partial charge is 0.266 e. The van der Waals surface area contributed by atoms with Crippen LogP contribution in [0.4, 0.5) is 5.13 Å². The van der Waals surface area contributed by atoms with Crippen molar-refractivity contribution in [3.63, 3.8) is 0 Å². The van der Waals surface area contributed by atoms with E-state index in [1.807, 2.05) is 43.3 Å². The normalized spacial score (nSPS) is 15.7. The molecule has 2 aromatic carbocycles. The first-order valence-electron chi connectivity index (χ1n) is 11.2. The summed E-state index contributed by atoms with van der Waals surface area (Å²) in [4.78, 5) is 20.6. The standard InChI is InChI=1S/C25H24ClN3O4S/c1-3-31-19-11-6-12-20-23(19)27-25(34-20)29(14-16-8-7-13-32-16)24(30)21-15(2)33-28-22(21)17-9-4-5-10-18(17)26/h4-6,9-12,16H,3,7-8,13-14H2,1-2H3/t16-/m1/s1. The SMILES string of the molecule is CCOc1cccc2sc(N(C[C@H]3CCCO3)C(=O)c3c(-c4ccccc4Cl)noc3C)nc12. The largest absolute Gasteiger partial charge is 0.492 e. The molecule has 176 valence electrons. The minimum Gasteiger partial charge on any atom is -0.492 e. The van der Waals surface area contributed by atoms with Crippen molar-refractivity contribution in [2.75, 3.05) is 24.7 Å². The average Bonchev–Trinajstić information content (AvgIpc) is 3.58. The minimum atomic E-state index is -0.249. The van der Waals surface area contributed by atoms with Crippen LogP contribution in [-0.4, -0.2) is 41.9 Å². The number of halogens is 1. The Bertz CT molecular complexity index is 1330. The van der Waals surface area contributed by atoms with Crippen LogP contribution in [0.2, 0.25) is 5.02 Å². The summed E-state index contributed by atoms with van der Waals surface area (Å²) in [5.74, 6) is 0.875. The monoisotopic (exact) mass is 497 g/mol. The number of carbonyl (C=O) groups is 1. The molecule has 1 saturated heterocycles. The Morgan fingerprint density at radius 2 is 2.12 bits per heavy atom. The highest BCUT2D eigenvalue weighted by Gasteiger charge is 2.32. The topological polar surface area (TPSA) is 77.7 Å². The predicted molar refractivity (Wildman–Crippen MR) is 133 cm³/mol. The molecule has 7 nitrogen and oxygen atoms in total. The highest BCUT2D eigenvalue weighted by atomic mass is 35.5. The summed E-state index contributed by atoms with van der Waals surface area (Å²) in [6.45, 7) is 5.28. The fourth-order valence-electron chi connectivity index (χ4n) is 4.13. The van der Waals surface area contributed by atoms with Crippen LogP contribution >= 0.6 is 22.9 Å². The van der Waals surface area contributed by atoms with Crippen LogP contribution in [0.5, 0.6) is 5.75 Å². The van der Waals surface area contributed by atoms with Gasteiger partial charge in [0.15, 0.2) is 5.13 Å². The lowest BCUT2D eigenvalue weighted by Crippen LogP contribution is -2.37. The number of benzene rings is 2. The second kappa shape index (κ2) is 9.74. The maximum atomic E-state index is 14.1. The van der Waals surface area contributed by atoms with Crippen molar-refractivity contribution in [1.82, 2.24) is 10.1 Å². The Kier molecular flexibility index (Phi) is 6.54. The molecule has 1 aliphatic heterocycles. The first-order valence-corrected chi connectivity index (χ1v) is 12.4. The predicted octanol–water partition coefficient (Wildman–Crippen LogP) is 6.14. The van der Waals surface area contributed by atoms with Gasteiger partial charge in [-0.2, -0.15) is 0 Å². The molecule has 0 radical (unpaired) electrons. The lowest BCUT2D eigenvalue weighted by molar-refractivity contribution is 0.0916. The summed E-state index contributed by atoms with van der Waals surface area (Å²) in [5, 5.41) is 5.26. The lowest BCUT2D eigenvalue weighted by Gasteiger charge is -2.23. The van der Waals surface area contributed by atoms with Crippen molar-refractivity contribution >= 4 is 44.2 Å². The van der Waals surface area contributed by atoms with Crippen molar-refractivity contribution in [3.8, 4) is 17.0 Å². The first-order chi connectivity index (χ1) is 16.6. The Morgan fingerprint density at radius 3 is 2.88 bits per heavy atom. The Balaban J connectivity index is 1.60. The lowest BCUT2D eigenvalue weighted by atomic mass is 10.0. The third kappa shape index (κ3) is 4.29. The molecule has 0 unspecified atom stereocenters. The number of nitrogens with zero attached hydrogens (tertiary/aromatic N) is 3. The zero-order valence-electron chi connectivity index (χ0n) is 18.9. The fraction of sp³-hybridized carbons (Fsp3) is 0.320. The van der Waals surface area contributed by atoms with E-state index in [9.17, 15) is 4.79 Å². The number of carbonyl (C=O) groups excluding carboxylic acids is 1. The van der Waals surface area contributed by atoms with Crippen LogP contribution in [-0.2, 0) is 4.74 Å². The summed E-state index contributed by atoms with van der Waals surface area (Å²) in [6.07, 6.45) is 1.79. The van der Waals surface area contributed by atoms with Crippen molar-refractivity contribution in [2.24, 2.45) is 0 Å². The number of hydrogen-bond acceptors (Lipinski definition) is 7. The van der Waals surface area contributed by atoms with E-state index in [1.165, 1.54) is 11.3 Å². The summed E-state index contributed by atoms with van der Waals surface area (Å²) in [5.41, 5.74) is 2.17. The number of para-hydroxylation sites is 1. The maximum Gasteiger partial charge on any atom is 0.266 e. The summed E-state index contributed by atoms with van der Waals surface area (Å²) in [6, 6.07) is 13.1. The summed E-state index contributed by atoms with van der Waals surface area (Å²) < 4.78 is 18.0. The maximum absolute atomic E-state index is 14.1. The van der Waals surface area contributed by atoms with E-state index in [2.05, 4.69) is 5.16 Å². The van der Waals surface area contributed by atoms with E-state index < -0.39 is 0 Å². The number of anilines is 1. The Labute approximate surface area is 206 Å². The van der Waals surface area contributed by atoms with Crippen LogP contribution < -0.4 is 9.64 Å². The molecule has 1 fully saturated rings. The van der Waals surface area contributed by atoms with E-state index in [1.54, 1.807) is 17.9 Å². The molecule has 34 heavy (non-hydrogen) atoms. The number of hydrogen-bond donors (Lipinski definition) is 0. The molecule has 1 aliphatic rings. The van der Waals surface area contributed by atoms with E-state index in [4.69, 9.17) is 30.6 Å². The van der Waals surface area contributed by atoms with Gasteiger partial charge >= 0.3 is 0 Å². The van der Waals surface area contributed by atoms with Gasteiger partial charge in [-0.1, -0.05) is 52.4 Å². The number of ether oxygens (including phenoxy) is 2. The quantitative estimate of drug-likeness (QED) is 0.305.